The number of anilines is 1. The largest absolute Gasteiger partial charge is 0.376 e. The molecule has 0 spiro atoms. The number of rotatable bonds is 3. The lowest BCUT2D eigenvalue weighted by Gasteiger charge is -2.14. The van der Waals surface area contributed by atoms with Crippen LogP contribution in [0.5, 0.6) is 0 Å². The smallest absolute Gasteiger partial charge is 0.147 e. The van der Waals surface area contributed by atoms with E-state index in [-0.39, 0.29) is 15.6 Å². The van der Waals surface area contributed by atoms with Crippen molar-refractivity contribution in [1.82, 2.24) is 4.98 Å². The highest BCUT2D eigenvalue weighted by Gasteiger charge is 2.17. The molecule has 0 aliphatic carbocycles. The lowest BCUT2D eigenvalue weighted by molar-refractivity contribution is 0.571. The maximum atomic E-state index is 13.7. The second-order valence-corrected chi connectivity index (χ2v) is 7.27. The van der Waals surface area contributed by atoms with E-state index < -0.39 is 11.6 Å². The first kappa shape index (κ1) is 15.4. The standard InChI is InChI=1S/C14H15BrF2N2S/c1-14(2,3)12-7-20-13(19-12)6-18-11-5-9(16)8(15)4-10(11)17/h4-5,7,18H,6H2,1-3H3. The quantitative estimate of drug-likeness (QED) is 0.770. The van der Waals surface area contributed by atoms with Gasteiger partial charge in [0.25, 0.3) is 0 Å². The van der Waals surface area contributed by atoms with Crippen molar-refractivity contribution in [3.63, 3.8) is 0 Å². The normalized spacial score (nSPS) is 11.7. The molecule has 1 heterocycles. The third-order valence-electron chi connectivity index (χ3n) is 2.76. The average Bonchev–Trinajstić information content (AvgIpc) is 2.80. The molecule has 0 fully saturated rings. The van der Waals surface area contributed by atoms with E-state index in [2.05, 4.69) is 47.0 Å². The molecule has 0 atom stereocenters. The highest BCUT2D eigenvalue weighted by atomic mass is 79.9. The molecule has 1 aromatic carbocycles. The Morgan fingerprint density at radius 3 is 2.55 bits per heavy atom. The molecule has 108 valence electrons. The summed E-state index contributed by atoms with van der Waals surface area (Å²) in [6, 6.07) is 2.25. The Morgan fingerprint density at radius 1 is 1.25 bits per heavy atom. The second kappa shape index (κ2) is 5.77. The molecule has 2 aromatic rings. The molecule has 0 saturated carbocycles. The fraction of sp³-hybridized carbons (Fsp3) is 0.357. The molecule has 0 amide bonds. The Morgan fingerprint density at radius 2 is 1.95 bits per heavy atom. The van der Waals surface area contributed by atoms with Crippen LogP contribution in [0.25, 0.3) is 0 Å². The van der Waals surface area contributed by atoms with E-state index >= 15 is 0 Å². The van der Waals surface area contributed by atoms with Crippen molar-refractivity contribution in [2.24, 2.45) is 0 Å². The minimum absolute atomic E-state index is 0.0102. The molecular formula is C14H15BrF2N2S. The number of hydrogen-bond acceptors (Lipinski definition) is 3. The van der Waals surface area contributed by atoms with Gasteiger partial charge in [-0.2, -0.15) is 0 Å². The van der Waals surface area contributed by atoms with Gasteiger partial charge in [-0.1, -0.05) is 20.8 Å². The summed E-state index contributed by atoms with van der Waals surface area (Å²) >= 11 is 4.46. The molecule has 0 aliphatic rings. The third kappa shape index (κ3) is 3.55. The molecule has 1 aromatic heterocycles. The van der Waals surface area contributed by atoms with Crippen LogP contribution in [-0.2, 0) is 12.0 Å². The van der Waals surface area contributed by atoms with Crippen molar-refractivity contribution < 1.29 is 8.78 Å². The number of hydrogen-bond donors (Lipinski definition) is 1. The monoisotopic (exact) mass is 360 g/mol. The molecule has 6 heteroatoms. The molecular weight excluding hydrogens is 346 g/mol. The van der Waals surface area contributed by atoms with Crippen LogP contribution < -0.4 is 5.32 Å². The minimum Gasteiger partial charge on any atom is -0.376 e. The molecule has 2 rings (SSSR count). The van der Waals surface area contributed by atoms with Crippen LogP contribution in [0.3, 0.4) is 0 Å². The first-order chi connectivity index (χ1) is 9.27. The maximum absolute atomic E-state index is 13.7. The van der Waals surface area contributed by atoms with Crippen LogP contribution in [0.2, 0.25) is 0 Å². The lowest BCUT2D eigenvalue weighted by atomic mass is 9.93. The van der Waals surface area contributed by atoms with E-state index in [0.29, 0.717) is 6.54 Å². The van der Waals surface area contributed by atoms with Gasteiger partial charge < -0.3 is 5.32 Å². The summed E-state index contributed by atoms with van der Waals surface area (Å²) in [5.41, 5.74) is 1.13. The molecule has 0 aliphatic heterocycles. The number of thiazole rings is 1. The van der Waals surface area contributed by atoms with Crippen LogP contribution in [0.15, 0.2) is 22.0 Å². The van der Waals surface area contributed by atoms with Crippen LogP contribution >= 0.6 is 27.3 Å². The van der Waals surface area contributed by atoms with Gasteiger partial charge in [-0.3, -0.25) is 0 Å². The van der Waals surface area contributed by atoms with E-state index in [1.807, 2.05) is 5.38 Å². The van der Waals surface area contributed by atoms with E-state index in [0.717, 1.165) is 22.8 Å². The Balaban J connectivity index is 2.09. The van der Waals surface area contributed by atoms with Gasteiger partial charge in [0.15, 0.2) is 0 Å². The van der Waals surface area contributed by atoms with Crippen LogP contribution in [-0.4, -0.2) is 4.98 Å². The first-order valence-corrected chi connectivity index (χ1v) is 7.78. The van der Waals surface area contributed by atoms with Crippen LogP contribution in [0, 0.1) is 11.6 Å². The van der Waals surface area contributed by atoms with Crippen molar-refractivity contribution in [2.45, 2.75) is 32.7 Å². The van der Waals surface area contributed by atoms with E-state index in [1.165, 1.54) is 11.3 Å². The Kier molecular flexibility index (Phi) is 4.44. The molecule has 0 unspecified atom stereocenters. The summed E-state index contributed by atoms with van der Waals surface area (Å²) in [4.78, 5) is 4.50. The summed E-state index contributed by atoms with van der Waals surface area (Å²) in [5.74, 6) is -0.991. The fourth-order valence-electron chi connectivity index (χ4n) is 1.57. The van der Waals surface area contributed by atoms with Gasteiger partial charge in [0.1, 0.15) is 16.6 Å². The summed E-state index contributed by atoms with van der Waals surface area (Å²) in [7, 11) is 0. The van der Waals surface area contributed by atoms with Crippen molar-refractivity contribution in [3.05, 3.63) is 44.3 Å². The number of nitrogens with one attached hydrogen (secondary N) is 1. The Hall–Kier alpha value is -1.01. The van der Waals surface area contributed by atoms with Gasteiger partial charge in [0, 0.05) is 16.9 Å². The molecule has 2 nitrogen and oxygen atoms in total. The van der Waals surface area contributed by atoms with Gasteiger partial charge in [-0.15, -0.1) is 11.3 Å². The van der Waals surface area contributed by atoms with E-state index in [9.17, 15) is 8.78 Å². The molecule has 1 N–H and O–H groups in total. The number of benzene rings is 1. The third-order valence-corrected chi connectivity index (χ3v) is 4.22. The van der Waals surface area contributed by atoms with E-state index in [4.69, 9.17) is 0 Å². The predicted molar refractivity (Wildman–Crippen MR) is 82.2 cm³/mol. The van der Waals surface area contributed by atoms with Gasteiger partial charge in [0.05, 0.1) is 22.4 Å². The van der Waals surface area contributed by atoms with Crippen molar-refractivity contribution in [1.29, 1.82) is 0 Å². The van der Waals surface area contributed by atoms with Gasteiger partial charge in [-0.25, -0.2) is 13.8 Å². The van der Waals surface area contributed by atoms with Crippen molar-refractivity contribution >= 4 is 33.0 Å². The Labute approximate surface area is 129 Å². The molecule has 0 radical (unpaired) electrons. The lowest BCUT2D eigenvalue weighted by Crippen LogP contribution is -2.12. The molecule has 20 heavy (non-hydrogen) atoms. The highest BCUT2D eigenvalue weighted by molar-refractivity contribution is 9.10. The Bertz CT molecular complexity index is 620. The summed E-state index contributed by atoms with van der Waals surface area (Å²) in [6.45, 7) is 6.63. The van der Waals surface area contributed by atoms with Gasteiger partial charge in [-0.05, 0) is 22.0 Å². The van der Waals surface area contributed by atoms with Gasteiger partial charge in [0.2, 0.25) is 0 Å². The number of halogens is 3. The molecule has 0 bridgehead atoms. The van der Waals surface area contributed by atoms with Crippen molar-refractivity contribution in [3.8, 4) is 0 Å². The minimum atomic E-state index is -0.497. The van der Waals surface area contributed by atoms with Crippen LogP contribution in [0.4, 0.5) is 14.5 Å². The second-order valence-electron chi connectivity index (χ2n) is 5.48. The van der Waals surface area contributed by atoms with Crippen molar-refractivity contribution in [2.75, 3.05) is 5.32 Å². The highest BCUT2D eigenvalue weighted by Crippen LogP contribution is 2.26. The predicted octanol–water partition coefficient (Wildman–Crippen LogP) is 5.09. The maximum Gasteiger partial charge on any atom is 0.147 e. The molecule has 0 saturated heterocycles. The summed E-state index contributed by atoms with van der Waals surface area (Å²) in [5, 5.41) is 5.71. The number of aromatic nitrogens is 1. The van der Waals surface area contributed by atoms with E-state index in [1.54, 1.807) is 0 Å². The summed E-state index contributed by atoms with van der Waals surface area (Å²) < 4.78 is 27.1. The zero-order valence-electron chi connectivity index (χ0n) is 11.4. The zero-order valence-corrected chi connectivity index (χ0v) is 13.8. The van der Waals surface area contributed by atoms with Crippen LogP contribution in [0.1, 0.15) is 31.5 Å². The topological polar surface area (TPSA) is 24.9 Å². The SMILES string of the molecule is CC(C)(C)c1csc(CNc2cc(F)c(Br)cc2F)n1. The fourth-order valence-corrected chi connectivity index (χ4v) is 2.84. The first-order valence-electron chi connectivity index (χ1n) is 6.10. The van der Waals surface area contributed by atoms with Gasteiger partial charge >= 0.3 is 0 Å². The zero-order chi connectivity index (χ0) is 14.9. The number of nitrogens with zero attached hydrogens (tertiary/aromatic N) is 1. The summed E-state index contributed by atoms with van der Waals surface area (Å²) in [6.07, 6.45) is 0. The average molecular weight is 361 g/mol.